The van der Waals surface area contributed by atoms with Gasteiger partial charge in [-0.2, -0.15) is 0 Å². The first-order valence-electron chi connectivity index (χ1n) is 11.9. The second kappa shape index (κ2) is 10.4. The van der Waals surface area contributed by atoms with Gasteiger partial charge in [0.1, 0.15) is 5.82 Å². The number of aromatic nitrogens is 5. The molecule has 4 heterocycles. The Morgan fingerprint density at radius 3 is 2.74 bits per heavy atom. The number of hydrogen-bond acceptors (Lipinski definition) is 8. The number of unbranched alkanes of at least 4 members (excludes halogenated alkanes) is 1. The van der Waals surface area contributed by atoms with Gasteiger partial charge < -0.3 is 14.5 Å². The Hall–Kier alpha value is -3.11. The van der Waals surface area contributed by atoms with E-state index in [0.29, 0.717) is 60.3 Å². The third-order valence-electron chi connectivity index (χ3n) is 6.15. The van der Waals surface area contributed by atoms with Gasteiger partial charge in [-0.1, -0.05) is 20.3 Å². The lowest BCUT2D eigenvalue weighted by Gasteiger charge is -2.31. The van der Waals surface area contributed by atoms with Crippen LogP contribution in [0.1, 0.15) is 68.5 Å². The molecule has 10 heteroatoms. The van der Waals surface area contributed by atoms with E-state index in [2.05, 4.69) is 28.7 Å². The van der Waals surface area contributed by atoms with Crippen LogP contribution in [0.5, 0.6) is 5.88 Å². The molecule has 0 aliphatic carbocycles. The average molecular weight is 469 g/mol. The van der Waals surface area contributed by atoms with Crippen molar-refractivity contribution in [3.8, 4) is 17.3 Å². The van der Waals surface area contributed by atoms with Gasteiger partial charge >= 0.3 is 0 Å². The molecule has 1 aliphatic rings. The van der Waals surface area contributed by atoms with Gasteiger partial charge in [0, 0.05) is 31.3 Å². The van der Waals surface area contributed by atoms with Gasteiger partial charge in [-0.3, -0.25) is 14.5 Å². The molecule has 34 heavy (non-hydrogen) atoms. The molecule has 0 aromatic carbocycles. The fraction of sp³-hybridized carbons (Fsp3) is 0.542. The Balaban J connectivity index is 1.83. The third-order valence-corrected chi connectivity index (χ3v) is 6.15. The molecule has 0 saturated carbocycles. The Kier molecular flexibility index (Phi) is 7.38. The highest BCUT2D eigenvalue weighted by atomic mass is 16.5. The lowest BCUT2D eigenvalue weighted by atomic mass is 10.1. The van der Waals surface area contributed by atoms with Crippen LogP contribution in [-0.4, -0.2) is 68.2 Å². The Morgan fingerprint density at radius 2 is 2.06 bits per heavy atom. The zero-order valence-electron chi connectivity index (χ0n) is 20.3. The van der Waals surface area contributed by atoms with Crippen LogP contribution in [0.4, 0.5) is 0 Å². The number of aryl methyl sites for hydroxylation is 1. The summed E-state index contributed by atoms with van der Waals surface area (Å²) in [4.78, 5) is 39.7. The number of nitrogens with zero attached hydrogens (tertiary/aromatic N) is 5. The molecule has 182 valence electrons. The second-order valence-corrected chi connectivity index (χ2v) is 8.49. The molecule has 0 bridgehead atoms. The van der Waals surface area contributed by atoms with E-state index in [0.717, 1.165) is 25.9 Å². The molecule has 1 unspecified atom stereocenters. The van der Waals surface area contributed by atoms with E-state index in [4.69, 9.17) is 19.6 Å². The molecule has 0 radical (unpaired) electrons. The van der Waals surface area contributed by atoms with E-state index in [1.165, 1.54) is 13.1 Å². The monoisotopic (exact) mass is 468 g/mol. The Labute approximate surface area is 198 Å². The number of fused-ring (bicyclic) bond motifs is 1. The van der Waals surface area contributed by atoms with Crippen molar-refractivity contribution in [2.45, 2.75) is 53.0 Å². The van der Waals surface area contributed by atoms with Crippen molar-refractivity contribution in [1.29, 1.82) is 0 Å². The number of H-pyrrole nitrogens is 1. The van der Waals surface area contributed by atoms with Crippen molar-refractivity contribution in [2.24, 2.45) is 0 Å². The van der Waals surface area contributed by atoms with Crippen LogP contribution >= 0.6 is 0 Å². The lowest BCUT2D eigenvalue weighted by molar-refractivity contribution is 0.0194. The van der Waals surface area contributed by atoms with Crippen molar-refractivity contribution in [3.05, 3.63) is 39.7 Å². The molecule has 1 atom stereocenters. The molecule has 1 N–H and O–H groups in total. The summed E-state index contributed by atoms with van der Waals surface area (Å²) in [5.74, 6) is 1.19. The van der Waals surface area contributed by atoms with Crippen LogP contribution in [0.25, 0.3) is 16.9 Å². The summed E-state index contributed by atoms with van der Waals surface area (Å²) in [6.07, 6.45) is 3.93. The predicted molar refractivity (Wildman–Crippen MR) is 127 cm³/mol. The maximum atomic E-state index is 13.4. The number of hydrogen-bond donors (Lipinski definition) is 1. The first-order chi connectivity index (χ1) is 16.4. The average Bonchev–Trinajstić information content (AvgIpc) is 3.23. The fourth-order valence-electron chi connectivity index (χ4n) is 4.11. The topological polar surface area (TPSA) is 115 Å². The number of ether oxygens (including phenoxy) is 2. The molecular formula is C24H32N6O4. The molecule has 10 nitrogen and oxygen atoms in total. The van der Waals surface area contributed by atoms with Crippen LogP contribution in [0.2, 0.25) is 0 Å². The third kappa shape index (κ3) is 4.74. The quantitative estimate of drug-likeness (QED) is 0.377. The molecule has 1 saturated heterocycles. The van der Waals surface area contributed by atoms with Crippen LogP contribution in [0.3, 0.4) is 0 Å². The minimum absolute atomic E-state index is 0.0522. The van der Waals surface area contributed by atoms with E-state index in [1.54, 1.807) is 10.6 Å². The number of morpholine rings is 1. The molecule has 4 rings (SSSR count). The Morgan fingerprint density at radius 1 is 1.29 bits per heavy atom. The number of imidazole rings is 1. The highest BCUT2D eigenvalue weighted by molar-refractivity contribution is 5.95. The Bertz CT molecular complexity index is 1230. The SMILES string of the molecule is CCCCOc1ncc(C(C)=O)cc1-c1nn2c(CC)nc(C(C)N3CCOCC3)c2c(=O)[nH]1. The van der Waals surface area contributed by atoms with Crippen molar-refractivity contribution in [1.82, 2.24) is 29.5 Å². The normalized spacial score (nSPS) is 15.5. The molecular weight excluding hydrogens is 436 g/mol. The predicted octanol–water partition coefficient (Wildman–Crippen LogP) is 2.82. The number of nitrogens with one attached hydrogen (secondary N) is 1. The largest absolute Gasteiger partial charge is 0.477 e. The zero-order chi connectivity index (χ0) is 24.2. The van der Waals surface area contributed by atoms with Crippen LogP contribution in [-0.2, 0) is 11.2 Å². The van der Waals surface area contributed by atoms with Gasteiger partial charge in [0.15, 0.2) is 17.1 Å². The highest BCUT2D eigenvalue weighted by Gasteiger charge is 2.26. The standard InChI is InChI=1S/C24H32N6O4/c1-5-7-10-34-24-18(13-17(14-25-24)16(4)31)22-27-23(32)21-20(26-19(6-2)30(21)28-22)15(3)29-8-11-33-12-9-29/h13-15H,5-12H2,1-4H3,(H,27,28,32). The van der Waals surface area contributed by atoms with Gasteiger partial charge in [-0.05, 0) is 26.3 Å². The number of pyridine rings is 1. The van der Waals surface area contributed by atoms with E-state index in [-0.39, 0.29) is 23.2 Å². The molecule has 1 aliphatic heterocycles. The summed E-state index contributed by atoms with van der Waals surface area (Å²) in [6, 6.07) is 1.61. The lowest BCUT2D eigenvalue weighted by Crippen LogP contribution is -2.38. The summed E-state index contributed by atoms with van der Waals surface area (Å²) >= 11 is 0. The van der Waals surface area contributed by atoms with Crippen molar-refractivity contribution >= 4 is 11.3 Å². The van der Waals surface area contributed by atoms with Crippen LogP contribution in [0, 0.1) is 0 Å². The van der Waals surface area contributed by atoms with E-state index < -0.39 is 0 Å². The number of carbonyl (C=O) groups is 1. The van der Waals surface area contributed by atoms with Crippen LogP contribution < -0.4 is 10.3 Å². The van der Waals surface area contributed by atoms with E-state index in [1.807, 2.05) is 6.92 Å². The van der Waals surface area contributed by atoms with Gasteiger partial charge in [0.2, 0.25) is 5.88 Å². The van der Waals surface area contributed by atoms with Gasteiger partial charge in [0.05, 0.1) is 37.1 Å². The summed E-state index contributed by atoms with van der Waals surface area (Å²) in [7, 11) is 0. The van der Waals surface area contributed by atoms with E-state index >= 15 is 0 Å². The first-order valence-corrected chi connectivity index (χ1v) is 11.9. The minimum atomic E-state index is -0.292. The van der Waals surface area contributed by atoms with Crippen molar-refractivity contribution in [3.63, 3.8) is 0 Å². The molecule has 3 aromatic heterocycles. The number of Topliss-reactive ketones (excluding diaryl/α,β-unsaturated/α-hetero) is 1. The molecule has 0 spiro atoms. The number of aromatic amines is 1. The summed E-state index contributed by atoms with van der Waals surface area (Å²) < 4.78 is 13.0. The molecule has 1 fully saturated rings. The zero-order valence-corrected chi connectivity index (χ0v) is 20.3. The number of rotatable bonds is 9. The fourth-order valence-corrected chi connectivity index (χ4v) is 4.11. The van der Waals surface area contributed by atoms with Gasteiger partial charge in [-0.25, -0.2) is 14.5 Å². The number of ketones is 1. The molecule has 0 amide bonds. The van der Waals surface area contributed by atoms with Crippen LogP contribution in [0.15, 0.2) is 17.1 Å². The second-order valence-electron chi connectivity index (χ2n) is 8.49. The van der Waals surface area contributed by atoms with Crippen molar-refractivity contribution in [2.75, 3.05) is 32.9 Å². The van der Waals surface area contributed by atoms with Gasteiger partial charge in [0.25, 0.3) is 5.56 Å². The minimum Gasteiger partial charge on any atom is -0.477 e. The highest BCUT2D eigenvalue weighted by Crippen LogP contribution is 2.28. The first kappa shape index (κ1) is 24.0. The van der Waals surface area contributed by atoms with Crippen molar-refractivity contribution < 1.29 is 14.3 Å². The maximum Gasteiger partial charge on any atom is 0.277 e. The maximum absolute atomic E-state index is 13.4. The smallest absolute Gasteiger partial charge is 0.277 e. The summed E-state index contributed by atoms with van der Waals surface area (Å²) in [5.41, 5.74) is 1.74. The van der Waals surface area contributed by atoms with Gasteiger partial charge in [-0.15, -0.1) is 5.10 Å². The summed E-state index contributed by atoms with van der Waals surface area (Å²) in [6.45, 7) is 11.0. The molecule has 3 aromatic rings. The summed E-state index contributed by atoms with van der Waals surface area (Å²) in [5, 5.41) is 4.74. The number of carbonyl (C=O) groups excluding carboxylic acids is 1. The van der Waals surface area contributed by atoms with E-state index in [9.17, 15) is 9.59 Å².